The molecule has 5 heteroatoms. The lowest BCUT2D eigenvalue weighted by Crippen LogP contribution is -2.05. The number of ether oxygens (including phenoxy) is 1. The fraction of sp³-hybridized carbons (Fsp3) is 0.444. The van der Waals surface area contributed by atoms with Crippen molar-refractivity contribution in [3.8, 4) is 0 Å². The van der Waals surface area contributed by atoms with Crippen molar-refractivity contribution in [1.82, 2.24) is 9.97 Å². The van der Waals surface area contributed by atoms with Gasteiger partial charge in [-0.15, -0.1) is 11.8 Å². The Morgan fingerprint density at radius 2 is 2.21 bits per heavy atom. The molecule has 0 atom stereocenters. The zero-order valence-corrected chi connectivity index (χ0v) is 9.17. The predicted molar refractivity (Wildman–Crippen MR) is 54.4 cm³/mol. The van der Waals surface area contributed by atoms with Crippen molar-refractivity contribution >= 4 is 17.7 Å². The number of thioether (sulfide) groups is 1. The lowest BCUT2D eigenvalue weighted by molar-refractivity contribution is 0.0592. The van der Waals surface area contributed by atoms with E-state index in [2.05, 4.69) is 28.6 Å². The molecule has 0 fully saturated rings. The van der Waals surface area contributed by atoms with Gasteiger partial charge in [0.1, 0.15) is 5.03 Å². The summed E-state index contributed by atoms with van der Waals surface area (Å²) in [6.07, 6.45) is 3.04. The van der Waals surface area contributed by atoms with Crippen molar-refractivity contribution in [3.63, 3.8) is 0 Å². The second-order valence-electron chi connectivity index (χ2n) is 2.90. The van der Waals surface area contributed by atoms with Gasteiger partial charge in [-0.25, -0.2) is 9.78 Å². The van der Waals surface area contributed by atoms with Crippen LogP contribution in [0.2, 0.25) is 0 Å². The van der Waals surface area contributed by atoms with Crippen LogP contribution in [-0.4, -0.2) is 28.3 Å². The van der Waals surface area contributed by atoms with Crippen molar-refractivity contribution in [1.29, 1.82) is 0 Å². The van der Waals surface area contributed by atoms with Crippen molar-refractivity contribution in [2.45, 2.75) is 24.1 Å². The summed E-state index contributed by atoms with van der Waals surface area (Å²) in [5.41, 5.74) is 0.248. The van der Waals surface area contributed by atoms with E-state index in [1.165, 1.54) is 13.3 Å². The number of nitrogens with zero attached hydrogens (tertiary/aromatic N) is 2. The van der Waals surface area contributed by atoms with E-state index in [9.17, 15) is 4.79 Å². The predicted octanol–water partition coefficient (Wildman–Crippen LogP) is 1.76. The number of carbonyl (C=O) groups is 1. The number of methoxy groups -OCH3 is 1. The minimum atomic E-state index is -0.455. The van der Waals surface area contributed by atoms with Gasteiger partial charge in [-0.3, -0.25) is 4.98 Å². The maximum atomic E-state index is 11.1. The largest absolute Gasteiger partial charge is 0.464 e. The normalized spacial score (nSPS) is 10.3. The average molecular weight is 212 g/mol. The number of hydrogen-bond donors (Lipinski definition) is 0. The summed E-state index contributed by atoms with van der Waals surface area (Å²) in [6.45, 7) is 4.11. The van der Waals surface area contributed by atoms with E-state index < -0.39 is 5.97 Å². The van der Waals surface area contributed by atoms with Gasteiger partial charge in [-0.2, -0.15) is 0 Å². The van der Waals surface area contributed by atoms with E-state index in [1.807, 2.05) is 0 Å². The molecule has 0 unspecified atom stereocenters. The highest BCUT2D eigenvalue weighted by atomic mass is 32.2. The highest BCUT2D eigenvalue weighted by Crippen LogP contribution is 2.19. The summed E-state index contributed by atoms with van der Waals surface area (Å²) in [7, 11) is 1.33. The molecule has 0 radical (unpaired) electrons. The Kier molecular flexibility index (Phi) is 3.88. The van der Waals surface area contributed by atoms with Crippen molar-refractivity contribution < 1.29 is 9.53 Å². The molecular formula is C9H12N2O2S. The summed E-state index contributed by atoms with van der Waals surface area (Å²) in [5, 5.41) is 1.15. The Morgan fingerprint density at radius 1 is 1.50 bits per heavy atom. The van der Waals surface area contributed by atoms with Crippen molar-refractivity contribution in [2.75, 3.05) is 7.11 Å². The van der Waals surface area contributed by atoms with Crippen LogP contribution < -0.4 is 0 Å². The Morgan fingerprint density at radius 3 is 2.79 bits per heavy atom. The number of hydrogen-bond acceptors (Lipinski definition) is 5. The van der Waals surface area contributed by atoms with Gasteiger partial charge in [0.2, 0.25) is 0 Å². The first-order valence-corrected chi connectivity index (χ1v) is 5.08. The Labute approximate surface area is 87.1 Å². The molecule has 4 nitrogen and oxygen atoms in total. The summed E-state index contributed by atoms with van der Waals surface area (Å²) in [5.74, 6) is -0.455. The first-order chi connectivity index (χ1) is 6.63. The van der Waals surface area contributed by atoms with Gasteiger partial charge >= 0.3 is 5.97 Å². The molecule has 0 amide bonds. The molecule has 0 spiro atoms. The van der Waals surface area contributed by atoms with Crippen molar-refractivity contribution in [3.05, 3.63) is 18.1 Å². The molecule has 0 aliphatic heterocycles. The van der Waals surface area contributed by atoms with E-state index in [0.29, 0.717) is 5.25 Å². The smallest absolute Gasteiger partial charge is 0.358 e. The third kappa shape index (κ3) is 2.99. The zero-order chi connectivity index (χ0) is 10.6. The van der Waals surface area contributed by atoms with Crippen LogP contribution in [0.3, 0.4) is 0 Å². The zero-order valence-electron chi connectivity index (χ0n) is 8.35. The van der Waals surface area contributed by atoms with E-state index in [1.54, 1.807) is 18.0 Å². The molecule has 14 heavy (non-hydrogen) atoms. The highest BCUT2D eigenvalue weighted by molar-refractivity contribution is 7.99. The average Bonchev–Trinajstić information content (AvgIpc) is 2.16. The van der Waals surface area contributed by atoms with Gasteiger partial charge in [-0.1, -0.05) is 13.8 Å². The number of esters is 1. The molecule has 1 rings (SSSR count). The molecule has 0 aromatic carbocycles. The fourth-order valence-corrected chi connectivity index (χ4v) is 1.61. The summed E-state index contributed by atoms with van der Waals surface area (Å²) < 4.78 is 4.55. The summed E-state index contributed by atoms with van der Waals surface area (Å²) in [4.78, 5) is 19.1. The lowest BCUT2D eigenvalue weighted by atomic mass is 10.5. The first kappa shape index (κ1) is 11.0. The second kappa shape index (κ2) is 4.95. The number of aromatic nitrogens is 2. The quantitative estimate of drug-likeness (QED) is 0.564. The van der Waals surface area contributed by atoms with Gasteiger partial charge in [0.25, 0.3) is 0 Å². The van der Waals surface area contributed by atoms with Gasteiger partial charge in [0.05, 0.1) is 19.5 Å². The minimum Gasteiger partial charge on any atom is -0.464 e. The monoisotopic (exact) mass is 212 g/mol. The van der Waals surface area contributed by atoms with Crippen LogP contribution >= 0.6 is 11.8 Å². The molecule has 0 saturated heterocycles. The lowest BCUT2D eigenvalue weighted by Gasteiger charge is -2.04. The molecule has 1 heterocycles. The molecule has 0 N–H and O–H groups in total. The maximum Gasteiger partial charge on any atom is 0.358 e. The highest BCUT2D eigenvalue weighted by Gasteiger charge is 2.09. The second-order valence-corrected chi connectivity index (χ2v) is 4.50. The minimum absolute atomic E-state index is 0.248. The SMILES string of the molecule is COC(=O)c1cncc(SC(C)C)n1. The van der Waals surface area contributed by atoms with E-state index in [0.717, 1.165) is 5.03 Å². The van der Waals surface area contributed by atoms with Crippen LogP contribution in [0, 0.1) is 0 Å². The van der Waals surface area contributed by atoms with Crippen LogP contribution in [0.1, 0.15) is 24.3 Å². The van der Waals surface area contributed by atoms with E-state index in [4.69, 9.17) is 0 Å². The van der Waals surface area contributed by atoms with Gasteiger partial charge < -0.3 is 4.74 Å². The molecule has 0 bridgehead atoms. The number of rotatable bonds is 3. The standard InChI is InChI=1S/C9H12N2O2S/c1-6(2)14-8-5-10-4-7(11-8)9(12)13-3/h4-6H,1-3H3. The molecule has 1 aromatic rings. The van der Waals surface area contributed by atoms with Crippen LogP contribution in [0.25, 0.3) is 0 Å². The molecular weight excluding hydrogens is 200 g/mol. The van der Waals surface area contributed by atoms with E-state index >= 15 is 0 Å². The van der Waals surface area contributed by atoms with Crippen LogP contribution in [-0.2, 0) is 4.74 Å². The van der Waals surface area contributed by atoms with Crippen LogP contribution in [0.5, 0.6) is 0 Å². The molecule has 76 valence electrons. The summed E-state index contributed by atoms with van der Waals surface area (Å²) >= 11 is 1.56. The first-order valence-electron chi connectivity index (χ1n) is 4.20. The third-order valence-electron chi connectivity index (χ3n) is 1.36. The maximum absolute atomic E-state index is 11.1. The van der Waals surface area contributed by atoms with Crippen LogP contribution in [0.4, 0.5) is 0 Å². The Bertz CT molecular complexity index is 328. The Balaban J connectivity index is 2.84. The molecule has 1 aromatic heterocycles. The van der Waals surface area contributed by atoms with Crippen LogP contribution in [0.15, 0.2) is 17.4 Å². The van der Waals surface area contributed by atoms with Gasteiger partial charge in [-0.05, 0) is 0 Å². The number of carbonyl (C=O) groups excluding carboxylic acids is 1. The third-order valence-corrected chi connectivity index (χ3v) is 2.27. The van der Waals surface area contributed by atoms with Gasteiger partial charge in [0.15, 0.2) is 5.69 Å². The van der Waals surface area contributed by atoms with Gasteiger partial charge in [0, 0.05) is 5.25 Å². The fourth-order valence-electron chi connectivity index (χ4n) is 0.849. The van der Waals surface area contributed by atoms with Crippen molar-refractivity contribution in [2.24, 2.45) is 0 Å². The summed E-state index contributed by atoms with van der Waals surface area (Å²) in [6, 6.07) is 0. The molecule has 0 saturated carbocycles. The molecule has 0 aliphatic carbocycles. The topological polar surface area (TPSA) is 52.1 Å². The van der Waals surface area contributed by atoms with E-state index in [-0.39, 0.29) is 5.69 Å². The molecule has 0 aliphatic rings. The Hall–Kier alpha value is -1.10.